The summed E-state index contributed by atoms with van der Waals surface area (Å²) >= 11 is 0. The number of pyridine rings is 1. The fourth-order valence-corrected chi connectivity index (χ4v) is 1.32. The van der Waals surface area contributed by atoms with Crippen molar-refractivity contribution in [2.45, 2.75) is 13.5 Å². The molecule has 15 heavy (non-hydrogen) atoms. The van der Waals surface area contributed by atoms with Crippen molar-refractivity contribution in [1.29, 1.82) is 0 Å². The summed E-state index contributed by atoms with van der Waals surface area (Å²) in [4.78, 5) is 22.2. The van der Waals surface area contributed by atoms with E-state index in [2.05, 4.69) is 0 Å². The van der Waals surface area contributed by atoms with Crippen molar-refractivity contribution >= 4 is 5.97 Å². The minimum Gasteiger partial charge on any atom is -0.478 e. The largest absolute Gasteiger partial charge is 0.478 e. The average Bonchev–Trinajstić information content (AvgIpc) is 2.16. The van der Waals surface area contributed by atoms with Crippen LogP contribution in [0.25, 0.3) is 0 Å². The molecule has 0 bridgehead atoms. The van der Waals surface area contributed by atoms with Gasteiger partial charge in [0.15, 0.2) is 0 Å². The molecule has 0 aliphatic heterocycles. The summed E-state index contributed by atoms with van der Waals surface area (Å²) in [6.07, 6.45) is 0. The maximum Gasteiger partial charge on any atom is 0.335 e. The maximum atomic E-state index is 11.5. The number of hydrogen-bond donors (Lipinski definition) is 1. The molecule has 0 radical (unpaired) electrons. The van der Waals surface area contributed by atoms with Gasteiger partial charge in [-0.1, -0.05) is 0 Å². The van der Waals surface area contributed by atoms with E-state index in [1.165, 1.54) is 10.6 Å². The number of aryl methyl sites for hydroxylation is 1. The van der Waals surface area contributed by atoms with Crippen LogP contribution in [0.5, 0.6) is 0 Å². The van der Waals surface area contributed by atoms with E-state index in [9.17, 15) is 9.59 Å². The number of ether oxygens (including phenoxy) is 1. The molecule has 82 valence electrons. The number of rotatable bonds is 4. The van der Waals surface area contributed by atoms with Crippen molar-refractivity contribution in [1.82, 2.24) is 4.57 Å². The Hall–Kier alpha value is -1.62. The predicted octanol–water partition coefficient (Wildman–Crippen LogP) is 0.501. The summed E-state index contributed by atoms with van der Waals surface area (Å²) in [7, 11) is 1.55. The van der Waals surface area contributed by atoms with Gasteiger partial charge in [-0.25, -0.2) is 4.79 Å². The highest BCUT2D eigenvalue weighted by atomic mass is 16.5. The zero-order valence-electron chi connectivity index (χ0n) is 8.69. The van der Waals surface area contributed by atoms with Gasteiger partial charge in [-0.15, -0.1) is 0 Å². The lowest BCUT2D eigenvalue weighted by molar-refractivity contribution is 0.0696. The van der Waals surface area contributed by atoms with Gasteiger partial charge in [0.1, 0.15) is 0 Å². The van der Waals surface area contributed by atoms with Crippen LogP contribution in [0.3, 0.4) is 0 Å². The summed E-state index contributed by atoms with van der Waals surface area (Å²) < 4.78 is 6.34. The average molecular weight is 211 g/mol. The molecule has 0 saturated heterocycles. The monoisotopic (exact) mass is 211 g/mol. The first-order valence-electron chi connectivity index (χ1n) is 4.50. The second kappa shape index (κ2) is 4.75. The highest BCUT2D eigenvalue weighted by molar-refractivity contribution is 5.87. The lowest BCUT2D eigenvalue weighted by Crippen LogP contribution is -2.25. The van der Waals surface area contributed by atoms with Crippen molar-refractivity contribution in [2.75, 3.05) is 13.7 Å². The third-order valence-corrected chi connectivity index (χ3v) is 2.10. The lowest BCUT2D eigenvalue weighted by Gasteiger charge is -2.09. The molecule has 0 saturated carbocycles. The van der Waals surface area contributed by atoms with E-state index in [4.69, 9.17) is 9.84 Å². The van der Waals surface area contributed by atoms with Crippen molar-refractivity contribution in [3.8, 4) is 0 Å². The minimum absolute atomic E-state index is 0.0196. The van der Waals surface area contributed by atoms with Crippen LogP contribution in [-0.2, 0) is 11.3 Å². The van der Waals surface area contributed by atoms with Crippen LogP contribution < -0.4 is 5.56 Å². The van der Waals surface area contributed by atoms with Gasteiger partial charge in [-0.05, 0) is 13.0 Å². The summed E-state index contributed by atoms with van der Waals surface area (Å²) in [6, 6.07) is 2.59. The standard InChI is InChI=1S/C10H13NO4/c1-7-5-8(10(13)14)6-9(12)11(7)3-4-15-2/h5-6H,3-4H2,1-2H3,(H,13,14). The molecule has 0 atom stereocenters. The van der Waals surface area contributed by atoms with Crippen LogP contribution in [0.2, 0.25) is 0 Å². The van der Waals surface area contributed by atoms with Gasteiger partial charge in [0, 0.05) is 25.4 Å². The highest BCUT2D eigenvalue weighted by Gasteiger charge is 2.07. The Morgan fingerprint density at radius 1 is 1.53 bits per heavy atom. The first-order chi connectivity index (χ1) is 7.06. The summed E-state index contributed by atoms with van der Waals surface area (Å²) in [6.45, 7) is 2.55. The molecule has 0 aliphatic rings. The Balaban J connectivity index is 3.10. The number of aromatic carboxylic acids is 1. The van der Waals surface area contributed by atoms with E-state index in [0.29, 0.717) is 18.8 Å². The normalized spacial score (nSPS) is 10.3. The van der Waals surface area contributed by atoms with Crippen LogP contribution >= 0.6 is 0 Å². The smallest absolute Gasteiger partial charge is 0.335 e. The molecule has 1 heterocycles. The number of nitrogens with zero attached hydrogens (tertiary/aromatic N) is 1. The van der Waals surface area contributed by atoms with E-state index in [1.807, 2.05) is 0 Å². The van der Waals surface area contributed by atoms with E-state index < -0.39 is 5.97 Å². The van der Waals surface area contributed by atoms with E-state index in [-0.39, 0.29) is 11.1 Å². The number of carbonyl (C=O) groups is 1. The molecule has 1 rings (SSSR count). The molecular weight excluding hydrogens is 198 g/mol. The molecule has 1 aromatic heterocycles. The van der Waals surface area contributed by atoms with E-state index in [1.54, 1.807) is 14.0 Å². The van der Waals surface area contributed by atoms with Gasteiger partial charge in [0.25, 0.3) is 5.56 Å². The Bertz CT molecular complexity index is 422. The molecule has 1 aromatic rings. The summed E-state index contributed by atoms with van der Waals surface area (Å²) in [5.41, 5.74) is 0.326. The van der Waals surface area contributed by atoms with Crippen LogP contribution in [-0.4, -0.2) is 29.4 Å². The van der Waals surface area contributed by atoms with Gasteiger partial charge in [-0.2, -0.15) is 0 Å². The third-order valence-electron chi connectivity index (χ3n) is 2.10. The molecule has 0 fully saturated rings. The topological polar surface area (TPSA) is 68.5 Å². The molecule has 5 nitrogen and oxygen atoms in total. The lowest BCUT2D eigenvalue weighted by atomic mass is 10.2. The van der Waals surface area contributed by atoms with Crippen molar-refractivity contribution in [3.05, 3.63) is 33.7 Å². The summed E-state index contributed by atoms with van der Waals surface area (Å²) in [5, 5.41) is 8.73. The second-order valence-corrected chi connectivity index (χ2v) is 3.17. The Morgan fingerprint density at radius 2 is 2.20 bits per heavy atom. The van der Waals surface area contributed by atoms with Crippen LogP contribution in [0.15, 0.2) is 16.9 Å². The molecule has 0 unspecified atom stereocenters. The zero-order valence-corrected chi connectivity index (χ0v) is 8.69. The van der Waals surface area contributed by atoms with Gasteiger partial charge >= 0.3 is 5.97 Å². The third kappa shape index (κ3) is 2.66. The predicted molar refractivity (Wildman–Crippen MR) is 54.3 cm³/mol. The van der Waals surface area contributed by atoms with Crippen molar-refractivity contribution in [3.63, 3.8) is 0 Å². The van der Waals surface area contributed by atoms with Gasteiger partial charge in [0.05, 0.1) is 12.2 Å². The Morgan fingerprint density at radius 3 is 2.67 bits per heavy atom. The molecule has 0 amide bonds. The quantitative estimate of drug-likeness (QED) is 0.787. The van der Waals surface area contributed by atoms with Gasteiger partial charge < -0.3 is 14.4 Å². The molecule has 0 aliphatic carbocycles. The van der Waals surface area contributed by atoms with Crippen molar-refractivity contribution < 1.29 is 14.6 Å². The SMILES string of the molecule is COCCn1c(C)cc(C(=O)O)cc1=O. The number of hydrogen-bond acceptors (Lipinski definition) is 3. The number of carboxylic acids is 1. The molecule has 1 N–H and O–H groups in total. The second-order valence-electron chi connectivity index (χ2n) is 3.17. The first-order valence-corrected chi connectivity index (χ1v) is 4.50. The molecule has 0 aromatic carbocycles. The van der Waals surface area contributed by atoms with Crippen LogP contribution in [0.4, 0.5) is 0 Å². The Kier molecular flexibility index (Phi) is 3.62. The Labute approximate surface area is 86.9 Å². The number of methoxy groups -OCH3 is 1. The molecular formula is C10H13NO4. The summed E-state index contributed by atoms with van der Waals surface area (Å²) in [5.74, 6) is -1.09. The maximum absolute atomic E-state index is 11.5. The van der Waals surface area contributed by atoms with E-state index >= 15 is 0 Å². The van der Waals surface area contributed by atoms with Crippen LogP contribution in [0, 0.1) is 6.92 Å². The van der Waals surface area contributed by atoms with Gasteiger partial charge in [0.2, 0.25) is 0 Å². The van der Waals surface area contributed by atoms with Crippen molar-refractivity contribution in [2.24, 2.45) is 0 Å². The van der Waals surface area contributed by atoms with Gasteiger partial charge in [-0.3, -0.25) is 4.79 Å². The highest BCUT2D eigenvalue weighted by Crippen LogP contribution is 2.01. The first kappa shape index (κ1) is 11.5. The zero-order chi connectivity index (χ0) is 11.4. The van der Waals surface area contributed by atoms with E-state index in [0.717, 1.165) is 6.07 Å². The molecule has 0 spiro atoms. The number of carboxylic acid groups (broad SMARTS) is 1. The fourth-order valence-electron chi connectivity index (χ4n) is 1.32. The number of aromatic nitrogens is 1. The molecule has 5 heteroatoms. The fraction of sp³-hybridized carbons (Fsp3) is 0.400. The van der Waals surface area contributed by atoms with Crippen LogP contribution in [0.1, 0.15) is 16.1 Å². The minimum atomic E-state index is -1.09.